The Morgan fingerprint density at radius 1 is 1.43 bits per heavy atom. The Hall–Kier alpha value is -1.57. The molecule has 2 aliphatic rings. The van der Waals surface area contributed by atoms with Gasteiger partial charge in [-0.2, -0.15) is 0 Å². The molecule has 114 valence electrons. The Kier molecular flexibility index (Phi) is 4.14. The van der Waals surface area contributed by atoms with Crippen molar-refractivity contribution in [1.82, 2.24) is 20.1 Å². The van der Waals surface area contributed by atoms with Crippen LogP contribution in [-0.4, -0.2) is 60.3 Å². The lowest BCUT2D eigenvalue weighted by Gasteiger charge is -2.45. The highest BCUT2D eigenvalue weighted by Gasteiger charge is 2.36. The number of nitrogens with one attached hydrogen (secondary N) is 1. The Bertz CT molecular complexity index is 521. The fourth-order valence-corrected chi connectivity index (χ4v) is 2.85. The Labute approximate surface area is 122 Å². The standard InChI is InChI=1S/C14H19FN4O2/c1-18-13(20)8-12(10-2-3-16-9-11(10)15)17-14(18)19-4-6-21-7-5-19/h2-3,9,12,14,17H,4-8H2,1H3. The molecule has 0 bridgehead atoms. The van der Waals surface area contributed by atoms with Gasteiger partial charge in [0.2, 0.25) is 5.91 Å². The summed E-state index contributed by atoms with van der Waals surface area (Å²) in [5.74, 6) is -0.375. The first-order chi connectivity index (χ1) is 10.2. The van der Waals surface area contributed by atoms with Crippen molar-refractivity contribution >= 4 is 5.91 Å². The fourth-order valence-electron chi connectivity index (χ4n) is 2.85. The molecule has 2 unspecified atom stereocenters. The Morgan fingerprint density at radius 2 is 2.19 bits per heavy atom. The molecule has 2 aliphatic heterocycles. The first kappa shape index (κ1) is 14.4. The number of hydrogen-bond donors (Lipinski definition) is 1. The molecule has 1 amide bonds. The average Bonchev–Trinajstić information content (AvgIpc) is 2.51. The van der Waals surface area contributed by atoms with Crippen molar-refractivity contribution in [1.29, 1.82) is 0 Å². The lowest BCUT2D eigenvalue weighted by atomic mass is 10.0. The number of amides is 1. The van der Waals surface area contributed by atoms with Crippen LogP contribution in [0.15, 0.2) is 18.5 Å². The van der Waals surface area contributed by atoms with Crippen LogP contribution in [0, 0.1) is 5.82 Å². The lowest BCUT2D eigenvalue weighted by Crippen LogP contribution is -2.63. The van der Waals surface area contributed by atoms with Crippen LogP contribution in [0.25, 0.3) is 0 Å². The third-order valence-corrected chi connectivity index (χ3v) is 4.06. The second-order valence-electron chi connectivity index (χ2n) is 5.35. The summed E-state index contributed by atoms with van der Waals surface area (Å²) in [7, 11) is 1.77. The van der Waals surface area contributed by atoms with Gasteiger partial charge in [0.05, 0.1) is 19.4 Å². The summed E-state index contributed by atoms with van der Waals surface area (Å²) in [6.07, 6.45) is 2.75. The minimum absolute atomic E-state index is 0.00598. The normalized spacial score (nSPS) is 27.9. The van der Waals surface area contributed by atoms with Gasteiger partial charge >= 0.3 is 0 Å². The molecule has 0 saturated carbocycles. The zero-order valence-corrected chi connectivity index (χ0v) is 12.0. The monoisotopic (exact) mass is 294 g/mol. The molecule has 0 aliphatic carbocycles. The van der Waals surface area contributed by atoms with E-state index in [1.807, 2.05) is 0 Å². The highest BCUT2D eigenvalue weighted by Crippen LogP contribution is 2.26. The maximum absolute atomic E-state index is 13.9. The van der Waals surface area contributed by atoms with Gasteiger partial charge in [0.15, 0.2) is 0 Å². The van der Waals surface area contributed by atoms with Crippen LogP contribution in [0.1, 0.15) is 18.0 Å². The maximum atomic E-state index is 13.9. The van der Waals surface area contributed by atoms with Crippen LogP contribution < -0.4 is 5.32 Å². The third-order valence-electron chi connectivity index (χ3n) is 4.06. The first-order valence-corrected chi connectivity index (χ1v) is 7.10. The van der Waals surface area contributed by atoms with Crippen molar-refractivity contribution in [2.45, 2.75) is 18.8 Å². The van der Waals surface area contributed by atoms with Gasteiger partial charge in [0, 0.05) is 44.4 Å². The van der Waals surface area contributed by atoms with E-state index in [9.17, 15) is 9.18 Å². The summed E-state index contributed by atoms with van der Waals surface area (Å²) in [4.78, 5) is 19.8. The smallest absolute Gasteiger partial charge is 0.226 e. The van der Waals surface area contributed by atoms with Crippen LogP contribution >= 0.6 is 0 Å². The molecule has 2 atom stereocenters. The van der Waals surface area contributed by atoms with Gasteiger partial charge in [-0.15, -0.1) is 0 Å². The molecule has 3 rings (SSSR count). The number of hydrogen-bond acceptors (Lipinski definition) is 5. The van der Waals surface area contributed by atoms with E-state index in [0.717, 1.165) is 13.1 Å². The second-order valence-corrected chi connectivity index (χ2v) is 5.35. The molecule has 6 nitrogen and oxygen atoms in total. The predicted octanol–water partition coefficient (Wildman–Crippen LogP) is 0.329. The summed E-state index contributed by atoms with van der Waals surface area (Å²) >= 11 is 0. The van der Waals surface area contributed by atoms with E-state index < -0.39 is 0 Å². The van der Waals surface area contributed by atoms with Gasteiger partial charge in [0.25, 0.3) is 0 Å². The number of nitrogens with zero attached hydrogens (tertiary/aromatic N) is 3. The van der Waals surface area contributed by atoms with Gasteiger partial charge in [-0.25, -0.2) is 4.39 Å². The van der Waals surface area contributed by atoms with Crippen molar-refractivity contribution in [3.05, 3.63) is 29.8 Å². The highest BCUT2D eigenvalue weighted by atomic mass is 19.1. The average molecular weight is 294 g/mol. The molecule has 1 N–H and O–H groups in total. The number of carbonyl (C=O) groups is 1. The zero-order valence-electron chi connectivity index (χ0n) is 12.0. The zero-order chi connectivity index (χ0) is 14.8. The van der Waals surface area contributed by atoms with Crippen molar-refractivity contribution < 1.29 is 13.9 Å². The number of aromatic nitrogens is 1. The molecule has 0 aromatic carbocycles. The van der Waals surface area contributed by atoms with E-state index in [0.29, 0.717) is 18.8 Å². The van der Waals surface area contributed by atoms with Crippen molar-refractivity contribution in [3.63, 3.8) is 0 Å². The summed E-state index contributed by atoms with van der Waals surface area (Å²) in [5.41, 5.74) is 0.490. The van der Waals surface area contributed by atoms with Crippen molar-refractivity contribution in [2.75, 3.05) is 33.4 Å². The van der Waals surface area contributed by atoms with Crippen molar-refractivity contribution in [2.24, 2.45) is 0 Å². The molecule has 0 radical (unpaired) electrons. The number of pyridine rings is 1. The number of ether oxygens (including phenoxy) is 1. The molecule has 21 heavy (non-hydrogen) atoms. The summed E-state index contributed by atoms with van der Waals surface area (Å²) in [6, 6.07) is 1.30. The first-order valence-electron chi connectivity index (χ1n) is 7.10. The quantitative estimate of drug-likeness (QED) is 0.852. The SMILES string of the molecule is CN1C(=O)CC(c2ccncc2F)NC1N1CCOCC1. The van der Waals surface area contributed by atoms with Gasteiger partial charge in [-0.1, -0.05) is 0 Å². The summed E-state index contributed by atoms with van der Waals surface area (Å²) < 4.78 is 19.2. The predicted molar refractivity (Wildman–Crippen MR) is 73.6 cm³/mol. The molecular formula is C14H19FN4O2. The van der Waals surface area contributed by atoms with Crippen LogP contribution in [0.4, 0.5) is 4.39 Å². The third kappa shape index (κ3) is 2.90. The molecule has 2 fully saturated rings. The molecule has 7 heteroatoms. The van der Waals surface area contributed by atoms with E-state index in [-0.39, 0.29) is 30.5 Å². The van der Waals surface area contributed by atoms with Crippen LogP contribution in [0.5, 0.6) is 0 Å². The molecule has 2 saturated heterocycles. The fraction of sp³-hybridized carbons (Fsp3) is 0.571. The largest absolute Gasteiger partial charge is 0.379 e. The topological polar surface area (TPSA) is 57.7 Å². The Morgan fingerprint density at radius 3 is 2.90 bits per heavy atom. The number of carbonyl (C=O) groups excluding carboxylic acids is 1. The summed E-state index contributed by atoms with van der Waals surface area (Å²) in [5, 5.41) is 3.37. The summed E-state index contributed by atoms with van der Waals surface area (Å²) in [6.45, 7) is 2.80. The van der Waals surface area contributed by atoms with Crippen LogP contribution in [-0.2, 0) is 9.53 Å². The van der Waals surface area contributed by atoms with E-state index in [1.165, 1.54) is 6.20 Å². The van der Waals surface area contributed by atoms with Gasteiger partial charge < -0.3 is 9.64 Å². The van der Waals surface area contributed by atoms with Crippen LogP contribution in [0.3, 0.4) is 0 Å². The van der Waals surface area contributed by atoms with E-state index in [4.69, 9.17) is 4.74 Å². The molecule has 3 heterocycles. The van der Waals surface area contributed by atoms with Crippen molar-refractivity contribution in [3.8, 4) is 0 Å². The van der Waals surface area contributed by atoms with E-state index in [2.05, 4.69) is 15.2 Å². The molecular weight excluding hydrogens is 275 g/mol. The minimum atomic E-state index is -0.381. The van der Waals surface area contributed by atoms with E-state index >= 15 is 0 Å². The van der Waals surface area contributed by atoms with Gasteiger partial charge in [-0.05, 0) is 6.07 Å². The second kappa shape index (κ2) is 6.05. The van der Waals surface area contributed by atoms with Crippen LogP contribution in [0.2, 0.25) is 0 Å². The molecule has 1 aromatic rings. The molecule has 1 aromatic heterocycles. The number of rotatable bonds is 2. The van der Waals surface area contributed by atoms with E-state index in [1.54, 1.807) is 24.2 Å². The lowest BCUT2D eigenvalue weighted by molar-refractivity contribution is -0.146. The van der Waals surface area contributed by atoms with Gasteiger partial charge in [0.1, 0.15) is 12.1 Å². The molecule has 0 spiro atoms. The Balaban J connectivity index is 1.81. The highest BCUT2D eigenvalue weighted by molar-refractivity contribution is 5.78. The maximum Gasteiger partial charge on any atom is 0.226 e. The number of morpholine rings is 1. The minimum Gasteiger partial charge on any atom is -0.379 e. The van der Waals surface area contributed by atoms with Gasteiger partial charge in [-0.3, -0.25) is 20.0 Å². The number of halogens is 1.